The van der Waals surface area contributed by atoms with Crippen LogP contribution in [0.3, 0.4) is 0 Å². The van der Waals surface area contributed by atoms with Gasteiger partial charge >= 0.3 is 0 Å². The van der Waals surface area contributed by atoms with E-state index >= 15 is 0 Å². The molecule has 0 aliphatic heterocycles. The molecule has 0 aromatic rings. The van der Waals surface area contributed by atoms with Gasteiger partial charge in [0.1, 0.15) is 0 Å². The fraction of sp³-hybridized carbons (Fsp3) is 0.818. The van der Waals surface area contributed by atoms with Crippen LogP contribution in [0, 0.1) is 0 Å². The lowest BCUT2D eigenvalue weighted by Gasteiger charge is -2.05. The molecule has 0 aromatic heterocycles. The highest BCUT2D eigenvalue weighted by Crippen LogP contribution is 2.14. The standard InChI is InChI=1S/C11H20I2O/c1-2-3-4-5-6-7-11(14)8-10(13)9-12/h8,11,14H,2-7,9H2,1H3/b10-8+. The highest BCUT2D eigenvalue weighted by atomic mass is 127. The summed E-state index contributed by atoms with van der Waals surface area (Å²) < 4.78 is 2.26. The Kier molecular flexibility index (Phi) is 11.6. The summed E-state index contributed by atoms with van der Waals surface area (Å²) in [6.45, 7) is 2.22. The van der Waals surface area contributed by atoms with Crippen LogP contribution in [0.1, 0.15) is 45.4 Å². The molecule has 1 N–H and O–H groups in total. The van der Waals surface area contributed by atoms with Crippen molar-refractivity contribution >= 4 is 45.2 Å². The number of hydrogen-bond donors (Lipinski definition) is 1. The van der Waals surface area contributed by atoms with E-state index in [0.717, 1.165) is 17.3 Å². The fourth-order valence-corrected chi connectivity index (χ4v) is 1.96. The van der Waals surface area contributed by atoms with Crippen LogP contribution in [-0.2, 0) is 0 Å². The molecule has 0 fully saturated rings. The van der Waals surface area contributed by atoms with Crippen LogP contribution in [0.5, 0.6) is 0 Å². The monoisotopic (exact) mass is 422 g/mol. The lowest BCUT2D eigenvalue weighted by atomic mass is 10.1. The quantitative estimate of drug-likeness (QED) is 0.348. The van der Waals surface area contributed by atoms with E-state index in [2.05, 4.69) is 52.1 Å². The molecular formula is C11H20I2O. The minimum atomic E-state index is -0.224. The Bertz CT molecular complexity index is 157. The number of aliphatic hydroxyl groups excluding tert-OH is 1. The predicted molar refractivity (Wildman–Crippen MR) is 80.4 cm³/mol. The Labute approximate surface area is 115 Å². The van der Waals surface area contributed by atoms with E-state index in [4.69, 9.17) is 0 Å². The maximum Gasteiger partial charge on any atom is 0.0731 e. The van der Waals surface area contributed by atoms with E-state index in [1.54, 1.807) is 0 Å². The van der Waals surface area contributed by atoms with Gasteiger partial charge in [0, 0.05) is 4.43 Å². The van der Waals surface area contributed by atoms with Crippen molar-refractivity contribution in [3.05, 3.63) is 9.66 Å². The number of allylic oxidation sites excluding steroid dienone is 1. The zero-order valence-corrected chi connectivity index (χ0v) is 13.1. The van der Waals surface area contributed by atoms with Gasteiger partial charge in [0.2, 0.25) is 0 Å². The van der Waals surface area contributed by atoms with Gasteiger partial charge in [0.25, 0.3) is 0 Å². The van der Waals surface area contributed by atoms with Crippen molar-refractivity contribution in [1.82, 2.24) is 0 Å². The van der Waals surface area contributed by atoms with E-state index in [0.29, 0.717) is 0 Å². The summed E-state index contributed by atoms with van der Waals surface area (Å²) in [7, 11) is 0. The maximum absolute atomic E-state index is 9.62. The van der Waals surface area contributed by atoms with Gasteiger partial charge in [-0.3, -0.25) is 0 Å². The summed E-state index contributed by atoms with van der Waals surface area (Å²) in [6.07, 6.45) is 9.03. The molecule has 1 atom stereocenters. The first-order valence-corrected chi connectivity index (χ1v) is 7.91. The molecule has 0 radical (unpaired) electrons. The fourth-order valence-electron chi connectivity index (χ4n) is 1.29. The topological polar surface area (TPSA) is 20.2 Å². The highest BCUT2D eigenvalue weighted by Gasteiger charge is 2.00. The van der Waals surface area contributed by atoms with Gasteiger partial charge in [-0.25, -0.2) is 0 Å². The van der Waals surface area contributed by atoms with Gasteiger partial charge in [-0.2, -0.15) is 0 Å². The van der Waals surface area contributed by atoms with Gasteiger partial charge in [-0.1, -0.05) is 61.6 Å². The molecule has 1 nitrogen and oxygen atoms in total. The van der Waals surface area contributed by atoms with E-state index in [1.165, 1.54) is 29.3 Å². The first-order chi connectivity index (χ1) is 6.70. The molecule has 1 unspecified atom stereocenters. The van der Waals surface area contributed by atoms with Crippen LogP contribution >= 0.6 is 45.2 Å². The molecule has 3 heteroatoms. The molecule has 0 heterocycles. The second kappa shape index (κ2) is 10.7. The predicted octanol–water partition coefficient (Wildman–Crippen LogP) is 4.46. The van der Waals surface area contributed by atoms with Crippen molar-refractivity contribution in [3.63, 3.8) is 0 Å². The molecule has 0 bridgehead atoms. The SMILES string of the molecule is CCCCCCCC(O)/C=C(/I)CI. The summed E-state index contributed by atoms with van der Waals surface area (Å²) in [5, 5.41) is 9.62. The second-order valence-corrected chi connectivity index (χ2v) is 5.67. The summed E-state index contributed by atoms with van der Waals surface area (Å²) in [5.74, 6) is 0. The summed E-state index contributed by atoms with van der Waals surface area (Å²) in [4.78, 5) is 0. The zero-order valence-electron chi connectivity index (χ0n) is 8.81. The van der Waals surface area contributed by atoms with Crippen molar-refractivity contribution in [3.8, 4) is 0 Å². The average molecular weight is 422 g/mol. The van der Waals surface area contributed by atoms with Crippen LogP contribution in [-0.4, -0.2) is 15.6 Å². The molecule has 0 aliphatic rings. The lowest BCUT2D eigenvalue weighted by molar-refractivity contribution is 0.208. The number of halogens is 2. The van der Waals surface area contributed by atoms with Crippen molar-refractivity contribution in [2.75, 3.05) is 4.43 Å². The van der Waals surface area contributed by atoms with Crippen molar-refractivity contribution in [2.45, 2.75) is 51.6 Å². The second-order valence-electron chi connectivity index (χ2n) is 3.52. The van der Waals surface area contributed by atoms with Gasteiger partial charge in [-0.05, 0) is 38.7 Å². The number of unbranched alkanes of at least 4 members (excludes halogenated alkanes) is 4. The number of hydrogen-bond acceptors (Lipinski definition) is 1. The van der Waals surface area contributed by atoms with E-state index in [9.17, 15) is 5.11 Å². The Morgan fingerprint density at radius 3 is 2.50 bits per heavy atom. The van der Waals surface area contributed by atoms with Crippen molar-refractivity contribution < 1.29 is 5.11 Å². The van der Waals surface area contributed by atoms with E-state index in [1.807, 2.05) is 6.08 Å². The van der Waals surface area contributed by atoms with Gasteiger partial charge in [-0.15, -0.1) is 0 Å². The Balaban J connectivity index is 3.39. The van der Waals surface area contributed by atoms with Gasteiger partial charge < -0.3 is 5.11 Å². The lowest BCUT2D eigenvalue weighted by Crippen LogP contribution is -2.02. The van der Waals surface area contributed by atoms with Crippen molar-refractivity contribution in [2.24, 2.45) is 0 Å². The largest absolute Gasteiger partial charge is 0.389 e. The van der Waals surface area contributed by atoms with Crippen LogP contribution in [0.15, 0.2) is 9.66 Å². The third kappa shape index (κ3) is 9.71. The van der Waals surface area contributed by atoms with Crippen LogP contribution in [0.4, 0.5) is 0 Å². The molecule has 0 saturated heterocycles. The Morgan fingerprint density at radius 2 is 1.93 bits per heavy atom. The van der Waals surface area contributed by atoms with Crippen LogP contribution in [0.25, 0.3) is 0 Å². The van der Waals surface area contributed by atoms with Gasteiger partial charge in [0.05, 0.1) is 6.10 Å². The number of rotatable bonds is 8. The highest BCUT2D eigenvalue weighted by molar-refractivity contribution is 14.1. The van der Waals surface area contributed by atoms with E-state index < -0.39 is 0 Å². The Hall–Kier alpha value is 1.16. The molecular weight excluding hydrogens is 402 g/mol. The molecule has 0 rings (SSSR count). The van der Waals surface area contributed by atoms with Crippen LogP contribution in [0.2, 0.25) is 0 Å². The smallest absolute Gasteiger partial charge is 0.0731 e. The normalized spacial score (nSPS) is 14.4. The van der Waals surface area contributed by atoms with Crippen molar-refractivity contribution in [1.29, 1.82) is 0 Å². The first kappa shape index (κ1) is 15.2. The summed E-state index contributed by atoms with van der Waals surface area (Å²) in [6, 6.07) is 0. The number of alkyl halides is 1. The third-order valence-electron chi connectivity index (χ3n) is 2.10. The molecule has 0 aromatic carbocycles. The maximum atomic E-state index is 9.62. The van der Waals surface area contributed by atoms with Crippen LogP contribution < -0.4 is 0 Å². The summed E-state index contributed by atoms with van der Waals surface area (Å²) >= 11 is 4.60. The molecule has 0 spiro atoms. The Morgan fingerprint density at radius 1 is 1.29 bits per heavy atom. The molecule has 0 aliphatic carbocycles. The number of aliphatic hydroxyl groups is 1. The zero-order chi connectivity index (χ0) is 10.8. The average Bonchev–Trinajstić information content (AvgIpc) is 2.17. The molecule has 84 valence electrons. The minimum Gasteiger partial charge on any atom is -0.389 e. The molecule has 0 amide bonds. The first-order valence-electron chi connectivity index (χ1n) is 5.31. The minimum absolute atomic E-state index is 0.224. The summed E-state index contributed by atoms with van der Waals surface area (Å²) in [5.41, 5.74) is 0. The van der Waals surface area contributed by atoms with E-state index in [-0.39, 0.29) is 6.10 Å². The molecule has 0 saturated carbocycles. The molecule has 14 heavy (non-hydrogen) atoms. The third-order valence-corrected chi connectivity index (χ3v) is 5.13. The van der Waals surface area contributed by atoms with Gasteiger partial charge in [0.15, 0.2) is 0 Å².